The van der Waals surface area contributed by atoms with Crippen LogP contribution in [-0.4, -0.2) is 51.1 Å². The Labute approximate surface area is 166 Å². The van der Waals surface area contributed by atoms with Crippen molar-refractivity contribution < 1.29 is 14.0 Å². The quantitative estimate of drug-likeness (QED) is 0.831. The van der Waals surface area contributed by atoms with Gasteiger partial charge in [-0.1, -0.05) is 0 Å². The summed E-state index contributed by atoms with van der Waals surface area (Å²) in [5.74, 6) is -0.697. The molecule has 29 heavy (non-hydrogen) atoms. The smallest absolute Gasteiger partial charge is 0.267 e. The molecule has 4 rings (SSSR count). The van der Waals surface area contributed by atoms with Crippen LogP contribution in [0.4, 0.5) is 10.2 Å². The van der Waals surface area contributed by atoms with E-state index in [1.165, 1.54) is 17.4 Å². The molecule has 0 spiro atoms. The molecule has 1 atom stereocenters. The maximum Gasteiger partial charge on any atom is 0.267 e. The summed E-state index contributed by atoms with van der Waals surface area (Å²) in [6.45, 7) is 1.21. The van der Waals surface area contributed by atoms with Crippen LogP contribution in [0.25, 0.3) is 0 Å². The van der Waals surface area contributed by atoms with Crippen LogP contribution >= 0.6 is 0 Å². The van der Waals surface area contributed by atoms with Gasteiger partial charge < -0.3 is 10.6 Å². The molecule has 2 N–H and O–H groups in total. The number of pyridine rings is 1. The first-order valence-corrected chi connectivity index (χ1v) is 9.35. The van der Waals surface area contributed by atoms with Crippen molar-refractivity contribution in [2.45, 2.75) is 25.3 Å². The SMILES string of the molecule is NC(=O)c1cc(N2CCC(C(=O)N3N=CC[C@H]3c3cncc(F)c3)CC2)ncn1. The zero-order valence-corrected chi connectivity index (χ0v) is 15.6. The molecule has 150 valence electrons. The summed E-state index contributed by atoms with van der Waals surface area (Å²) in [5, 5.41) is 5.68. The fourth-order valence-electron chi connectivity index (χ4n) is 3.71. The largest absolute Gasteiger partial charge is 0.364 e. The third kappa shape index (κ3) is 3.91. The number of carbonyl (C=O) groups excluding carboxylic acids is 2. The first-order chi connectivity index (χ1) is 14.0. The lowest BCUT2D eigenvalue weighted by molar-refractivity contribution is -0.138. The maximum atomic E-state index is 13.5. The van der Waals surface area contributed by atoms with Crippen molar-refractivity contribution in [3.63, 3.8) is 0 Å². The van der Waals surface area contributed by atoms with Gasteiger partial charge in [-0.05, 0) is 24.5 Å². The van der Waals surface area contributed by atoms with Crippen LogP contribution in [0.5, 0.6) is 0 Å². The first-order valence-electron chi connectivity index (χ1n) is 9.35. The van der Waals surface area contributed by atoms with Crippen LogP contribution < -0.4 is 10.6 Å². The molecule has 2 aromatic rings. The van der Waals surface area contributed by atoms with Gasteiger partial charge in [-0.3, -0.25) is 14.6 Å². The molecule has 2 aromatic heterocycles. The Bertz CT molecular complexity index is 959. The summed E-state index contributed by atoms with van der Waals surface area (Å²) >= 11 is 0. The summed E-state index contributed by atoms with van der Waals surface area (Å²) in [6.07, 6.45) is 7.46. The van der Waals surface area contributed by atoms with Crippen LogP contribution in [0.2, 0.25) is 0 Å². The average molecular weight is 397 g/mol. The Morgan fingerprint density at radius 1 is 1.14 bits per heavy atom. The molecule has 0 radical (unpaired) electrons. The van der Waals surface area contributed by atoms with Gasteiger partial charge in [-0.2, -0.15) is 5.10 Å². The molecular formula is C19H20FN7O2. The lowest BCUT2D eigenvalue weighted by Gasteiger charge is -2.34. The molecule has 10 heteroatoms. The van der Waals surface area contributed by atoms with Crippen molar-refractivity contribution >= 4 is 23.8 Å². The lowest BCUT2D eigenvalue weighted by atomic mass is 9.94. The predicted octanol–water partition coefficient (Wildman–Crippen LogP) is 1.29. The number of aromatic nitrogens is 3. The van der Waals surface area contributed by atoms with E-state index in [-0.39, 0.29) is 23.6 Å². The molecule has 1 saturated heterocycles. The highest BCUT2D eigenvalue weighted by Gasteiger charge is 2.35. The topological polar surface area (TPSA) is 118 Å². The van der Waals surface area contributed by atoms with Gasteiger partial charge in [0.25, 0.3) is 5.91 Å². The third-order valence-electron chi connectivity index (χ3n) is 5.24. The second kappa shape index (κ2) is 7.90. The molecule has 1 fully saturated rings. The molecule has 0 saturated carbocycles. The first kappa shape index (κ1) is 18.9. The minimum atomic E-state index is -0.608. The van der Waals surface area contributed by atoms with E-state index < -0.39 is 11.7 Å². The summed E-state index contributed by atoms with van der Waals surface area (Å²) in [7, 11) is 0. The van der Waals surface area contributed by atoms with Gasteiger partial charge in [0.05, 0.1) is 12.2 Å². The van der Waals surface area contributed by atoms with Crippen LogP contribution in [0, 0.1) is 11.7 Å². The van der Waals surface area contributed by atoms with E-state index in [0.717, 1.165) is 6.20 Å². The van der Waals surface area contributed by atoms with E-state index in [1.54, 1.807) is 18.5 Å². The minimum absolute atomic E-state index is 0.0758. The second-order valence-corrected chi connectivity index (χ2v) is 7.06. The number of primary amides is 1. The number of nitrogens with zero attached hydrogens (tertiary/aromatic N) is 6. The van der Waals surface area contributed by atoms with Crippen molar-refractivity contribution in [3.05, 3.63) is 47.9 Å². The third-order valence-corrected chi connectivity index (χ3v) is 5.24. The van der Waals surface area contributed by atoms with Crippen LogP contribution in [0.1, 0.15) is 41.4 Å². The second-order valence-electron chi connectivity index (χ2n) is 7.06. The molecule has 4 heterocycles. The number of nitrogens with two attached hydrogens (primary N) is 1. The number of carbonyl (C=O) groups is 2. The number of amides is 2. The monoisotopic (exact) mass is 397 g/mol. The molecule has 2 aliphatic rings. The summed E-state index contributed by atoms with van der Waals surface area (Å²) in [4.78, 5) is 38.3. The van der Waals surface area contributed by atoms with Crippen molar-refractivity contribution in [2.24, 2.45) is 16.8 Å². The van der Waals surface area contributed by atoms with Gasteiger partial charge in [0.15, 0.2) is 0 Å². The Morgan fingerprint density at radius 3 is 2.66 bits per heavy atom. The van der Waals surface area contributed by atoms with Crippen molar-refractivity contribution in [2.75, 3.05) is 18.0 Å². The highest BCUT2D eigenvalue weighted by atomic mass is 19.1. The van der Waals surface area contributed by atoms with Gasteiger partial charge in [-0.15, -0.1) is 0 Å². The van der Waals surface area contributed by atoms with E-state index in [2.05, 4.69) is 20.1 Å². The molecule has 2 amide bonds. The van der Waals surface area contributed by atoms with Crippen LogP contribution in [0.3, 0.4) is 0 Å². The number of hydrogen-bond donors (Lipinski definition) is 1. The normalized spacial score (nSPS) is 19.6. The average Bonchev–Trinajstić information content (AvgIpc) is 3.23. The highest BCUT2D eigenvalue weighted by molar-refractivity contribution is 5.91. The molecular weight excluding hydrogens is 377 g/mol. The number of hydrogen-bond acceptors (Lipinski definition) is 7. The number of halogens is 1. The number of anilines is 1. The summed E-state index contributed by atoms with van der Waals surface area (Å²) < 4.78 is 13.5. The van der Waals surface area contributed by atoms with Crippen molar-refractivity contribution in [1.29, 1.82) is 0 Å². The van der Waals surface area contributed by atoms with Gasteiger partial charge in [0.2, 0.25) is 5.91 Å². The van der Waals surface area contributed by atoms with Gasteiger partial charge in [0.1, 0.15) is 23.7 Å². The van der Waals surface area contributed by atoms with E-state index >= 15 is 0 Å². The van der Waals surface area contributed by atoms with E-state index in [4.69, 9.17) is 5.73 Å². The molecule has 9 nitrogen and oxygen atoms in total. The highest BCUT2D eigenvalue weighted by Crippen LogP contribution is 2.32. The fraction of sp³-hybridized carbons (Fsp3) is 0.368. The maximum absolute atomic E-state index is 13.5. The van der Waals surface area contributed by atoms with Gasteiger partial charge in [0, 0.05) is 43.9 Å². The zero-order valence-electron chi connectivity index (χ0n) is 15.6. The Kier molecular flexibility index (Phi) is 5.15. The van der Waals surface area contributed by atoms with E-state index in [0.29, 0.717) is 43.7 Å². The standard InChI is InChI=1S/C19H20FN7O2/c20-14-7-13(9-22-10-14)16-1-4-25-27(16)19(29)12-2-5-26(6-3-12)17-8-15(18(21)28)23-11-24-17/h4,7-12,16H,1-3,5-6H2,(H2,21,28)/t16-/m0/s1. The summed E-state index contributed by atoms with van der Waals surface area (Å²) in [5.41, 5.74) is 6.07. The zero-order chi connectivity index (χ0) is 20.4. The fourth-order valence-corrected chi connectivity index (χ4v) is 3.71. The number of piperidine rings is 1. The predicted molar refractivity (Wildman–Crippen MR) is 102 cm³/mol. The van der Waals surface area contributed by atoms with Crippen molar-refractivity contribution in [1.82, 2.24) is 20.0 Å². The lowest BCUT2D eigenvalue weighted by Crippen LogP contribution is -2.41. The Hall–Kier alpha value is -3.43. The molecule has 0 aromatic carbocycles. The molecule has 0 unspecified atom stereocenters. The van der Waals surface area contributed by atoms with Gasteiger partial charge in [-0.25, -0.2) is 19.4 Å². The van der Waals surface area contributed by atoms with E-state index in [9.17, 15) is 14.0 Å². The van der Waals surface area contributed by atoms with E-state index in [1.807, 2.05) is 4.90 Å². The van der Waals surface area contributed by atoms with Crippen LogP contribution in [0.15, 0.2) is 36.0 Å². The molecule has 0 bridgehead atoms. The Balaban J connectivity index is 1.42. The Morgan fingerprint density at radius 2 is 1.93 bits per heavy atom. The van der Waals surface area contributed by atoms with Crippen molar-refractivity contribution in [3.8, 4) is 0 Å². The van der Waals surface area contributed by atoms with Gasteiger partial charge >= 0.3 is 0 Å². The number of hydrazone groups is 1. The summed E-state index contributed by atoms with van der Waals surface area (Å²) in [6, 6.07) is 2.62. The molecule has 2 aliphatic heterocycles. The number of rotatable bonds is 4. The van der Waals surface area contributed by atoms with Crippen LogP contribution in [-0.2, 0) is 4.79 Å². The minimum Gasteiger partial charge on any atom is -0.364 e. The molecule has 0 aliphatic carbocycles.